The first-order chi connectivity index (χ1) is 8.13. The highest BCUT2D eigenvalue weighted by atomic mass is 79.9. The Hall–Kier alpha value is -0.940. The number of rotatable bonds is 2. The van der Waals surface area contributed by atoms with E-state index in [1.54, 1.807) is 23.2 Å². The Labute approximate surface area is 109 Å². The van der Waals surface area contributed by atoms with Crippen molar-refractivity contribution in [1.29, 1.82) is 0 Å². The van der Waals surface area contributed by atoms with Crippen molar-refractivity contribution in [2.45, 2.75) is 19.4 Å². The minimum atomic E-state index is -0.0964. The second-order valence-electron chi connectivity index (χ2n) is 4.38. The van der Waals surface area contributed by atoms with Crippen LogP contribution < -0.4 is 0 Å². The summed E-state index contributed by atoms with van der Waals surface area (Å²) in [4.78, 5) is 18.0. The molecule has 1 N–H and O–H groups in total. The molecule has 2 heterocycles. The average Bonchev–Trinajstić information content (AvgIpc) is 2.70. The maximum Gasteiger partial charge on any atom is 0.272 e. The molecule has 17 heavy (non-hydrogen) atoms. The van der Waals surface area contributed by atoms with Crippen molar-refractivity contribution in [2.24, 2.45) is 5.92 Å². The lowest BCUT2D eigenvalue weighted by atomic mass is 10.0. The van der Waals surface area contributed by atoms with Crippen LogP contribution in [-0.2, 0) is 0 Å². The molecule has 0 bridgehead atoms. The zero-order valence-electron chi connectivity index (χ0n) is 9.64. The summed E-state index contributed by atoms with van der Waals surface area (Å²) in [5, 5.41) is 9.32. The largest absolute Gasteiger partial charge is 0.394 e. The van der Waals surface area contributed by atoms with E-state index in [9.17, 15) is 9.90 Å². The van der Waals surface area contributed by atoms with Gasteiger partial charge in [-0.25, -0.2) is 4.98 Å². The Morgan fingerprint density at radius 3 is 3.00 bits per heavy atom. The Kier molecular flexibility index (Phi) is 3.79. The Bertz CT molecular complexity index is 407. The van der Waals surface area contributed by atoms with Gasteiger partial charge in [-0.15, -0.1) is 0 Å². The number of carbonyl (C=O) groups excluding carboxylic acids is 1. The predicted octanol–water partition coefficient (Wildman–Crippen LogP) is 1.69. The van der Waals surface area contributed by atoms with E-state index in [4.69, 9.17) is 0 Å². The number of nitrogens with zero attached hydrogens (tertiary/aromatic N) is 2. The molecule has 2 atom stereocenters. The van der Waals surface area contributed by atoms with Gasteiger partial charge in [-0.3, -0.25) is 4.79 Å². The van der Waals surface area contributed by atoms with Crippen LogP contribution in [0.4, 0.5) is 0 Å². The molecule has 1 aromatic heterocycles. The average molecular weight is 299 g/mol. The van der Waals surface area contributed by atoms with E-state index >= 15 is 0 Å². The lowest BCUT2D eigenvalue weighted by Gasteiger charge is -2.24. The van der Waals surface area contributed by atoms with Gasteiger partial charge in [0.05, 0.1) is 12.6 Å². The van der Waals surface area contributed by atoms with Gasteiger partial charge in [0.1, 0.15) is 5.69 Å². The minimum Gasteiger partial charge on any atom is -0.394 e. The van der Waals surface area contributed by atoms with E-state index in [1.165, 1.54) is 0 Å². The monoisotopic (exact) mass is 298 g/mol. The first-order valence-corrected chi connectivity index (χ1v) is 6.46. The Morgan fingerprint density at radius 1 is 1.65 bits per heavy atom. The maximum absolute atomic E-state index is 12.2. The number of hydrogen-bond donors (Lipinski definition) is 1. The summed E-state index contributed by atoms with van der Waals surface area (Å²) in [7, 11) is 0. The van der Waals surface area contributed by atoms with Crippen LogP contribution in [0.2, 0.25) is 0 Å². The first kappa shape index (κ1) is 12.5. The van der Waals surface area contributed by atoms with Crippen LogP contribution in [0.1, 0.15) is 23.8 Å². The summed E-state index contributed by atoms with van der Waals surface area (Å²) in [5.74, 6) is 0.250. The third-order valence-corrected chi connectivity index (χ3v) is 3.75. The van der Waals surface area contributed by atoms with Crippen molar-refractivity contribution in [3.05, 3.63) is 28.5 Å². The van der Waals surface area contributed by atoms with Crippen LogP contribution in [0.3, 0.4) is 0 Å². The predicted molar refractivity (Wildman–Crippen MR) is 67.6 cm³/mol. The number of pyridine rings is 1. The Balaban J connectivity index is 2.17. The van der Waals surface area contributed by atoms with Gasteiger partial charge in [-0.1, -0.05) is 6.92 Å². The van der Waals surface area contributed by atoms with Gasteiger partial charge in [-0.2, -0.15) is 0 Å². The third kappa shape index (κ3) is 2.50. The van der Waals surface area contributed by atoms with Crippen molar-refractivity contribution >= 4 is 21.8 Å². The normalized spacial score (nSPS) is 24.1. The molecule has 1 saturated heterocycles. The zero-order valence-corrected chi connectivity index (χ0v) is 11.2. The second-order valence-corrected chi connectivity index (χ2v) is 5.29. The molecule has 92 valence electrons. The number of hydrogen-bond acceptors (Lipinski definition) is 3. The van der Waals surface area contributed by atoms with Gasteiger partial charge in [0.2, 0.25) is 0 Å². The lowest BCUT2D eigenvalue weighted by molar-refractivity contribution is 0.0642. The molecule has 1 aromatic rings. The molecule has 0 spiro atoms. The van der Waals surface area contributed by atoms with Crippen molar-refractivity contribution in [2.75, 3.05) is 13.2 Å². The first-order valence-electron chi connectivity index (χ1n) is 5.67. The van der Waals surface area contributed by atoms with E-state index in [-0.39, 0.29) is 18.6 Å². The number of aliphatic hydroxyl groups is 1. The summed E-state index contributed by atoms with van der Waals surface area (Å²) in [6, 6.07) is 3.42. The van der Waals surface area contributed by atoms with Gasteiger partial charge in [0.15, 0.2) is 0 Å². The lowest BCUT2D eigenvalue weighted by Crippen LogP contribution is -2.40. The van der Waals surface area contributed by atoms with E-state index in [1.807, 2.05) is 0 Å². The number of carbonyl (C=O) groups is 1. The highest BCUT2D eigenvalue weighted by Crippen LogP contribution is 2.25. The quantitative estimate of drug-likeness (QED) is 0.904. The van der Waals surface area contributed by atoms with E-state index < -0.39 is 0 Å². The molecule has 4 nitrogen and oxygen atoms in total. The van der Waals surface area contributed by atoms with Crippen molar-refractivity contribution < 1.29 is 9.90 Å². The van der Waals surface area contributed by atoms with Crippen LogP contribution >= 0.6 is 15.9 Å². The molecule has 0 saturated carbocycles. The molecule has 1 aliphatic rings. The van der Waals surface area contributed by atoms with Crippen LogP contribution in [0.25, 0.3) is 0 Å². The van der Waals surface area contributed by atoms with Gasteiger partial charge in [0, 0.05) is 17.2 Å². The molecule has 0 aromatic carbocycles. The summed E-state index contributed by atoms with van der Waals surface area (Å²) in [5.41, 5.74) is 0.431. The fourth-order valence-corrected chi connectivity index (χ4v) is 2.42. The standard InChI is InChI=1S/C12H15BrN2O2/c1-8-4-5-15(11(8)7-16)12(17)10-3-2-9(13)6-14-10/h2-3,6,8,11,16H,4-5,7H2,1H3. The highest BCUT2D eigenvalue weighted by molar-refractivity contribution is 9.10. The summed E-state index contributed by atoms with van der Waals surface area (Å²) < 4.78 is 0.850. The van der Waals surface area contributed by atoms with Crippen molar-refractivity contribution in [3.63, 3.8) is 0 Å². The molecular weight excluding hydrogens is 284 g/mol. The fraction of sp³-hybridized carbons (Fsp3) is 0.500. The number of likely N-dealkylation sites (tertiary alicyclic amines) is 1. The van der Waals surface area contributed by atoms with Gasteiger partial charge in [-0.05, 0) is 40.4 Å². The summed E-state index contributed by atoms with van der Waals surface area (Å²) in [6.07, 6.45) is 2.55. The minimum absolute atomic E-state index is 0.0173. The fourth-order valence-electron chi connectivity index (χ4n) is 2.19. The Morgan fingerprint density at radius 2 is 2.41 bits per heavy atom. The molecule has 2 rings (SSSR count). The van der Waals surface area contributed by atoms with E-state index in [2.05, 4.69) is 27.8 Å². The van der Waals surface area contributed by atoms with E-state index in [0.29, 0.717) is 18.2 Å². The van der Waals surface area contributed by atoms with Crippen LogP contribution in [-0.4, -0.2) is 40.1 Å². The van der Waals surface area contributed by atoms with Gasteiger partial charge < -0.3 is 10.0 Å². The molecule has 0 radical (unpaired) electrons. The van der Waals surface area contributed by atoms with Crippen LogP contribution in [0.15, 0.2) is 22.8 Å². The number of halogens is 1. The SMILES string of the molecule is CC1CCN(C(=O)c2ccc(Br)cn2)C1CO. The second kappa shape index (κ2) is 5.14. The van der Waals surface area contributed by atoms with Crippen LogP contribution in [0.5, 0.6) is 0 Å². The summed E-state index contributed by atoms with van der Waals surface area (Å²) in [6.45, 7) is 2.77. The topological polar surface area (TPSA) is 53.4 Å². The zero-order chi connectivity index (χ0) is 12.4. The molecular formula is C12H15BrN2O2. The smallest absolute Gasteiger partial charge is 0.272 e. The van der Waals surface area contributed by atoms with Crippen molar-refractivity contribution in [1.82, 2.24) is 9.88 Å². The maximum atomic E-state index is 12.2. The van der Waals surface area contributed by atoms with Gasteiger partial charge >= 0.3 is 0 Å². The molecule has 2 unspecified atom stereocenters. The van der Waals surface area contributed by atoms with Crippen molar-refractivity contribution in [3.8, 4) is 0 Å². The summed E-state index contributed by atoms with van der Waals surface area (Å²) >= 11 is 3.29. The highest BCUT2D eigenvalue weighted by Gasteiger charge is 2.34. The van der Waals surface area contributed by atoms with Crippen LogP contribution in [0, 0.1) is 5.92 Å². The molecule has 1 aliphatic heterocycles. The molecule has 5 heteroatoms. The molecule has 1 fully saturated rings. The third-order valence-electron chi connectivity index (χ3n) is 3.28. The van der Waals surface area contributed by atoms with E-state index in [0.717, 1.165) is 10.9 Å². The number of aromatic nitrogens is 1. The number of amides is 1. The molecule has 1 amide bonds. The number of aliphatic hydroxyl groups excluding tert-OH is 1. The molecule has 0 aliphatic carbocycles. The van der Waals surface area contributed by atoms with Gasteiger partial charge in [0.25, 0.3) is 5.91 Å².